The lowest BCUT2D eigenvalue weighted by Crippen LogP contribution is -2.39. The number of aliphatic hydroxyl groups excluding tert-OH is 1. The average molecular weight is 168 g/mol. The predicted molar refractivity (Wildman–Crippen MR) is 46.5 cm³/mol. The Hall–Kier alpha value is -0.590. The SMILES string of the molecule is N#CC1CCCCN1CCCO. The fraction of sp³-hybridized carbons (Fsp3) is 0.889. The van der Waals surface area contributed by atoms with Crippen molar-refractivity contribution >= 4 is 0 Å². The first-order valence-electron chi connectivity index (χ1n) is 4.63. The summed E-state index contributed by atoms with van der Waals surface area (Å²) in [5.74, 6) is 0. The van der Waals surface area contributed by atoms with Gasteiger partial charge in [-0.25, -0.2) is 0 Å². The van der Waals surface area contributed by atoms with Gasteiger partial charge in [0.05, 0.1) is 12.1 Å². The first kappa shape index (κ1) is 9.50. The summed E-state index contributed by atoms with van der Waals surface area (Å²) >= 11 is 0. The van der Waals surface area contributed by atoms with Gasteiger partial charge < -0.3 is 5.11 Å². The minimum Gasteiger partial charge on any atom is -0.396 e. The smallest absolute Gasteiger partial charge is 0.0977 e. The summed E-state index contributed by atoms with van der Waals surface area (Å²) in [4.78, 5) is 2.18. The second-order valence-corrected chi connectivity index (χ2v) is 3.25. The number of hydrogen-bond donors (Lipinski definition) is 1. The Morgan fingerprint density at radius 2 is 2.33 bits per heavy atom. The molecule has 0 amide bonds. The molecule has 1 fully saturated rings. The van der Waals surface area contributed by atoms with Gasteiger partial charge in [-0.05, 0) is 32.2 Å². The van der Waals surface area contributed by atoms with E-state index in [4.69, 9.17) is 10.4 Å². The van der Waals surface area contributed by atoms with Gasteiger partial charge in [-0.3, -0.25) is 4.90 Å². The highest BCUT2D eigenvalue weighted by molar-refractivity contribution is 4.93. The van der Waals surface area contributed by atoms with Gasteiger partial charge >= 0.3 is 0 Å². The summed E-state index contributed by atoms with van der Waals surface area (Å²) in [7, 11) is 0. The molecule has 3 nitrogen and oxygen atoms in total. The number of aliphatic hydroxyl groups is 1. The molecule has 0 radical (unpaired) electrons. The molecule has 0 aromatic rings. The molecule has 1 N–H and O–H groups in total. The Bertz CT molecular complexity index is 164. The van der Waals surface area contributed by atoms with Crippen LogP contribution in [0.2, 0.25) is 0 Å². The maximum atomic E-state index is 8.81. The minimum atomic E-state index is 0.102. The Morgan fingerprint density at radius 3 is 3.00 bits per heavy atom. The van der Waals surface area contributed by atoms with Crippen molar-refractivity contribution in [1.82, 2.24) is 4.90 Å². The summed E-state index contributed by atoms with van der Waals surface area (Å²) in [5, 5.41) is 17.5. The fourth-order valence-electron chi connectivity index (χ4n) is 1.68. The van der Waals surface area contributed by atoms with Crippen molar-refractivity contribution < 1.29 is 5.11 Å². The van der Waals surface area contributed by atoms with Crippen LogP contribution in [0.25, 0.3) is 0 Å². The quantitative estimate of drug-likeness (QED) is 0.676. The lowest BCUT2D eigenvalue weighted by atomic mass is 10.0. The van der Waals surface area contributed by atoms with Crippen LogP contribution in [0.1, 0.15) is 25.7 Å². The molecule has 1 aliphatic rings. The summed E-state index contributed by atoms with van der Waals surface area (Å²) in [5.41, 5.74) is 0. The molecular formula is C9H16N2O. The van der Waals surface area contributed by atoms with E-state index in [-0.39, 0.29) is 12.6 Å². The van der Waals surface area contributed by atoms with Crippen LogP contribution in [0.4, 0.5) is 0 Å². The highest BCUT2D eigenvalue weighted by atomic mass is 16.3. The molecule has 0 aliphatic carbocycles. The first-order valence-corrected chi connectivity index (χ1v) is 4.63. The molecule has 1 aliphatic heterocycles. The van der Waals surface area contributed by atoms with E-state index in [1.54, 1.807) is 0 Å². The van der Waals surface area contributed by atoms with Crippen LogP contribution in [0.15, 0.2) is 0 Å². The van der Waals surface area contributed by atoms with Crippen LogP contribution < -0.4 is 0 Å². The molecular weight excluding hydrogens is 152 g/mol. The number of nitriles is 1. The van der Waals surface area contributed by atoms with Crippen molar-refractivity contribution in [1.29, 1.82) is 5.26 Å². The molecule has 1 saturated heterocycles. The van der Waals surface area contributed by atoms with Crippen LogP contribution in [0.5, 0.6) is 0 Å². The zero-order chi connectivity index (χ0) is 8.81. The van der Waals surface area contributed by atoms with Gasteiger partial charge in [0.1, 0.15) is 0 Å². The lowest BCUT2D eigenvalue weighted by Gasteiger charge is -2.30. The Balaban J connectivity index is 2.32. The molecule has 0 bridgehead atoms. The van der Waals surface area contributed by atoms with Gasteiger partial charge in [0, 0.05) is 13.2 Å². The van der Waals surface area contributed by atoms with E-state index < -0.39 is 0 Å². The van der Waals surface area contributed by atoms with Crippen LogP contribution in [0, 0.1) is 11.3 Å². The van der Waals surface area contributed by atoms with Crippen molar-refractivity contribution in [3.63, 3.8) is 0 Å². The molecule has 0 aromatic heterocycles. The van der Waals surface area contributed by atoms with E-state index in [1.165, 1.54) is 12.8 Å². The number of likely N-dealkylation sites (tertiary alicyclic amines) is 1. The monoisotopic (exact) mass is 168 g/mol. The van der Waals surface area contributed by atoms with Crippen LogP contribution in [-0.2, 0) is 0 Å². The maximum absolute atomic E-state index is 8.81. The minimum absolute atomic E-state index is 0.102. The lowest BCUT2D eigenvalue weighted by molar-refractivity contribution is 0.165. The van der Waals surface area contributed by atoms with E-state index in [2.05, 4.69) is 11.0 Å². The number of piperidine rings is 1. The molecule has 68 valence electrons. The first-order chi connectivity index (χ1) is 5.88. The summed E-state index contributed by atoms with van der Waals surface area (Å²) in [6.07, 6.45) is 4.16. The van der Waals surface area contributed by atoms with Gasteiger partial charge in [-0.1, -0.05) is 0 Å². The number of rotatable bonds is 3. The Kier molecular flexibility index (Phi) is 4.06. The third-order valence-electron chi connectivity index (χ3n) is 2.37. The number of hydrogen-bond acceptors (Lipinski definition) is 3. The van der Waals surface area contributed by atoms with Crippen molar-refractivity contribution in [2.24, 2.45) is 0 Å². The third-order valence-corrected chi connectivity index (χ3v) is 2.37. The van der Waals surface area contributed by atoms with E-state index in [1.807, 2.05) is 0 Å². The molecule has 0 spiro atoms. The standard InChI is InChI=1S/C9H16N2O/c10-8-9-4-1-2-5-11(9)6-3-7-12/h9,12H,1-7H2. The molecule has 1 unspecified atom stereocenters. The van der Waals surface area contributed by atoms with Gasteiger partial charge in [-0.2, -0.15) is 5.26 Å². The van der Waals surface area contributed by atoms with E-state index >= 15 is 0 Å². The van der Waals surface area contributed by atoms with E-state index in [0.29, 0.717) is 0 Å². The van der Waals surface area contributed by atoms with Gasteiger partial charge in [0.2, 0.25) is 0 Å². The highest BCUT2D eigenvalue weighted by Crippen LogP contribution is 2.15. The largest absolute Gasteiger partial charge is 0.396 e. The molecule has 1 atom stereocenters. The normalized spacial score (nSPS) is 25.2. The average Bonchev–Trinajstić information content (AvgIpc) is 2.15. The maximum Gasteiger partial charge on any atom is 0.0977 e. The summed E-state index contributed by atoms with van der Waals surface area (Å²) in [6, 6.07) is 2.41. The molecule has 1 rings (SSSR count). The number of nitrogens with zero attached hydrogens (tertiary/aromatic N) is 2. The zero-order valence-electron chi connectivity index (χ0n) is 7.37. The summed E-state index contributed by atoms with van der Waals surface area (Å²) in [6.45, 7) is 2.13. The van der Waals surface area contributed by atoms with Gasteiger partial charge in [0.25, 0.3) is 0 Å². The molecule has 12 heavy (non-hydrogen) atoms. The third kappa shape index (κ3) is 2.47. The topological polar surface area (TPSA) is 47.3 Å². The molecule has 0 aromatic carbocycles. The van der Waals surface area contributed by atoms with Crippen molar-refractivity contribution in [3.8, 4) is 6.07 Å². The molecule has 1 heterocycles. The van der Waals surface area contributed by atoms with Crippen LogP contribution >= 0.6 is 0 Å². The Labute approximate surface area is 73.6 Å². The van der Waals surface area contributed by atoms with Crippen molar-refractivity contribution in [2.45, 2.75) is 31.7 Å². The predicted octanol–water partition coefficient (Wildman–Crippen LogP) is 0.747. The van der Waals surface area contributed by atoms with Gasteiger partial charge in [-0.15, -0.1) is 0 Å². The van der Waals surface area contributed by atoms with Crippen molar-refractivity contribution in [2.75, 3.05) is 19.7 Å². The zero-order valence-corrected chi connectivity index (χ0v) is 7.37. The fourth-order valence-corrected chi connectivity index (χ4v) is 1.68. The second-order valence-electron chi connectivity index (χ2n) is 3.25. The molecule has 0 saturated carbocycles. The van der Waals surface area contributed by atoms with Crippen molar-refractivity contribution in [3.05, 3.63) is 0 Å². The second kappa shape index (κ2) is 5.13. The Morgan fingerprint density at radius 1 is 1.50 bits per heavy atom. The van der Waals surface area contributed by atoms with Gasteiger partial charge in [0.15, 0.2) is 0 Å². The molecule has 3 heteroatoms. The van der Waals surface area contributed by atoms with Crippen LogP contribution in [0.3, 0.4) is 0 Å². The van der Waals surface area contributed by atoms with E-state index in [0.717, 1.165) is 25.9 Å². The van der Waals surface area contributed by atoms with Crippen LogP contribution in [-0.4, -0.2) is 35.7 Å². The highest BCUT2D eigenvalue weighted by Gasteiger charge is 2.20. The summed E-state index contributed by atoms with van der Waals surface area (Å²) < 4.78 is 0. The van der Waals surface area contributed by atoms with E-state index in [9.17, 15) is 0 Å².